The summed E-state index contributed by atoms with van der Waals surface area (Å²) in [4.78, 5) is 33.8. The van der Waals surface area contributed by atoms with E-state index in [-0.39, 0.29) is 29.7 Å². The minimum absolute atomic E-state index is 0.0167. The minimum Gasteiger partial charge on any atom is -0.328 e. The second-order valence-corrected chi connectivity index (χ2v) is 4.14. The zero-order valence-electron chi connectivity index (χ0n) is 9.18. The summed E-state index contributed by atoms with van der Waals surface area (Å²) < 4.78 is 0. The molecule has 2 atom stereocenters. The van der Waals surface area contributed by atoms with Crippen LogP contribution in [-0.4, -0.2) is 33.9 Å². The minimum atomic E-state index is -0.995. The highest BCUT2D eigenvalue weighted by Crippen LogP contribution is 2.20. The van der Waals surface area contributed by atoms with Gasteiger partial charge in [-0.1, -0.05) is 0 Å². The van der Waals surface area contributed by atoms with Crippen LogP contribution in [0.25, 0.3) is 0 Å². The van der Waals surface area contributed by atoms with Gasteiger partial charge in [-0.05, 0) is 19.8 Å². The van der Waals surface area contributed by atoms with Crippen molar-refractivity contribution in [1.82, 2.24) is 5.06 Å². The summed E-state index contributed by atoms with van der Waals surface area (Å²) in [6.07, 6.45) is 1.30. The summed E-state index contributed by atoms with van der Waals surface area (Å²) in [5.74, 6) is -2.81. The Balaban J connectivity index is 2.44. The van der Waals surface area contributed by atoms with Crippen molar-refractivity contribution in [2.24, 2.45) is 11.7 Å². The van der Waals surface area contributed by atoms with Gasteiger partial charge in [-0.3, -0.25) is 19.6 Å². The number of Topliss-reactive ketones (excluding diaryl/α,β-unsaturated/α-hetero) is 1. The standard InChI is InChI=1S/C10H16N2O4/c1-6(11)3-2-4-8(13)7-5-9(14)12(16)10(7)15/h6-7,16H,2-5,11H2,1H3. The average molecular weight is 228 g/mol. The zero-order chi connectivity index (χ0) is 12.3. The molecular weight excluding hydrogens is 212 g/mol. The first-order valence-electron chi connectivity index (χ1n) is 5.27. The Hall–Kier alpha value is -1.27. The third-order valence-electron chi connectivity index (χ3n) is 2.59. The summed E-state index contributed by atoms with van der Waals surface area (Å²) in [6.45, 7) is 1.84. The van der Waals surface area contributed by atoms with Crippen molar-refractivity contribution < 1.29 is 19.6 Å². The number of carbonyl (C=O) groups is 3. The lowest BCUT2D eigenvalue weighted by Crippen LogP contribution is -2.29. The first-order valence-corrected chi connectivity index (χ1v) is 5.27. The van der Waals surface area contributed by atoms with Gasteiger partial charge in [0.05, 0.1) is 0 Å². The molecule has 0 radical (unpaired) electrons. The molecule has 0 aromatic rings. The molecule has 1 saturated heterocycles. The largest absolute Gasteiger partial charge is 0.328 e. The van der Waals surface area contributed by atoms with Crippen molar-refractivity contribution in [2.75, 3.05) is 0 Å². The molecule has 0 saturated carbocycles. The number of rotatable bonds is 5. The molecule has 1 fully saturated rings. The van der Waals surface area contributed by atoms with Gasteiger partial charge in [-0.25, -0.2) is 0 Å². The van der Waals surface area contributed by atoms with E-state index in [1.165, 1.54) is 0 Å². The maximum absolute atomic E-state index is 11.6. The summed E-state index contributed by atoms with van der Waals surface area (Å²) in [6, 6.07) is 0.0167. The van der Waals surface area contributed by atoms with Crippen LogP contribution in [0.3, 0.4) is 0 Å². The molecule has 3 N–H and O–H groups in total. The third-order valence-corrected chi connectivity index (χ3v) is 2.59. The van der Waals surface area contributed by atoms with Crippen LogP contribution in [0.15, 0.2) is 0 Å². The topological polar surface area (TPSA) is 101 Å². The number of hydroxylamine groups is 2. The Morgan fingerprint density at radius 1 is 1.62 bits per heavy atom. The maximum Gasteiger partial charge on any atom is 0.264 e. The monoisotopic (exact) mass is 228 g/mol. The van der Waals surface area contributed by atoms with Crippen LogP contribution >= 0.6 is 0 Å². The Morgan fingerprint density at radius 2 is 2.25 bits per heavy atom. The van der Waals surface area contributed by atoms with Crippen LogP contribution < -0.4 is 5.73 Å². The quantitative estimate of drug-likeness (QED) is 0.387. The van der Waals surface area contributed by atoms with Crippen molar-refractivity contribution in [3.63, 3.8) is 0 Å². The number of amides is 2. The highest BCUT2D eigenvalue weighted by molar-refractivity contribution is 6.13. The van der Waals surface area contributed by atoms with E-state index in [0.717, 1.165) is 0 Å². The van der Waals surface area contributed by atoms with Gasteiger partial charge in [0.15, 0.2) is 0 Å². The first-order chi connectivity index (χ1) is 7.43. The van der Waals surface area contributed by atoms with Gasteiger partial charge in [0, 0.05) is 18.9 Å². The lowest BCUT2D eigenvalue weighted by atomic mass is 9.97. The van der Waals surface area contributed by atoms with Gasteiger partial charge >= 0.3 is 0 Å². The van der Waals surface area contributed by atoms with Crippen molar-refractivity contribution in [1.29, 1.82) is 0 Å². The summed E-state index contributed by atoms with van der Waals surface area (Å²) in [7, 11) is 0. The number of hydrogen-bond donors (Lipinski definition) is 2. The second kappa shape index (κ2) is 5.18. The van der Waals surface area contributed by atoms with E-state index in [1.54, 1.807) is 0 Å². The van der Waals surface area contributed by atoms with Crippen LogP contribution in [0.2, 0.25) is 0 Å². The molecule has 1 heterocycles. The van der Waals surface area contributed by atoms with E-state index < -0.39 is 17.7 Å². The van der Waals surface area contributed by atoms with Gasteiger partial charge < -0.3 is 5.73 Å². The Morgan fingerprint density at radius 3 is 2.69 bits per heavy atom. The van der Waals surface area contributed by atoms with E-state index in [4.69, 9.17) is 10.9 Å². The first kappa shape index (κ1) is 12.8. The van der Waals surface area contributed by atoms with Crippen LogP contribution in [0.5, 0.6) is 0 Å². The van der Waals surface area contributed by atoms with Gasteiger partial charge in [-0.2, -0.15) is 5.06 Å². The summed E-state index contributed by atoms with van der Waals surface area (Å²) >= 11 is 0. The molecule has 2 amide bonds. The van der Waals surface area contributed by atoms with Crippen molar-refractivity contribution >= 4 is 17.6 Å². The fraction of sp³-hybridized carbons (Fsp3) is 0.700. The number of hydrogen-bond acceptors (Lipinski definition) is 5. The van der Waals surface area contributed by atoms with Crippen molar-refractivity contribution in [3.05, 3.63) is 0 Å². The third kappa shape index (κ3) is 2.86. The second-order valence-electron chi connectivity index (χ2n) is 4.14. The van der Waals surface area contributed by atoms with E-state index in [9.17, 15) is 14.4 Å². The zero-order valence-corrected chi connectivity index (χ0v) is 9.18. The molecule has 0 aromatic heterocycles. The Labute approximate surface area is 93.4 Å². The van der Waals surface area contributed by atoms with Crippen LogP contribution in [0, 0.1) is 5.92 Å². The lowest BCUT2D eigenvalue weighted by Gasteiger charge is -2.07. The molecule has 2 unspecified atom stereocenters. The number of carbonyl (C=O) groups excluding carboxylic acids is 3. The molecule has 1 rings (SSSR count). The summed E-state index contributed by atoms with van der Waals surface area (Å²) in [5.41, 5.74) is 5.52. The van der Waals surface area contributed by atoms with E-state index >= 15 is 0 Å². The molecule has 0 aliphatic carbocycles. The van der Waals surface area contributed by atoms with Gasteiger partial charge in [0.2, 0.25) is 0 Å². The molecule has 0 aromatic carbocycles. The van der Waals surface area contributed by atoms with E-state index in [1.807, 2.05) is 6.92 Å². The number of nitrogens with two attached hydrogens (primary N) is 1. The smallest absolute Gasteiger partial charge is 0.264 e. The predicted octanol–water partition coefficient (Wildman–Crippen LogP) is -0.163. The van der Waals surface area contributed by atoms with Crippen molar-refractivity contribution in [2.45, 2.75) is 38.6 Å². The molecule has 1 aliphatic rings. The highest BCUT2D eigenvalue weighted by Gasteiger charge is 2.41. The predicted molar refractivity (Wildman–Crippen MR) is 54.3 cm³/mol. The SMILES string of the molecule is CC(N)CCCC(=O)C1CC(=O)N(O)C1=O. The molecule has 6 nitrogen and oxygen atoms in total. The fourth-order valence-corrected chi connectivity index (χ4v) is 1.64. The van der Waals surface area contributed by atoms with E-state index in [0.29, 0.717) is 12.8 Å². The molecule has 16 heavy (non-hydrogen) atoms. The number of nitrogens with zero attached hydrogens (tertiary/aromatic N) is 1. The van der Waals surface area contributed by atoms with Crippen molar-refractivity contribution in [3.8, 4) is 0 Å². The number of ketones is 1. The van der Waals surface area contributed by atoms with Crippen LogP contribution in [0.1, 0.15) is 32.6 Å². The van der Waals surface area contributed by atoms with Gasteiger partial charge in [0.1, 0.15) is 11.7 Å². The average Bonchev–Trinajstić information content (AvgIpc) is 2.45. The Kier molecular flexibility index (Phi) is 4.14. The normalized spacial score (nSPS) is 22.7. The molecule has 90 valence electrons. The number of imide groups is 1. The molecule has 6 heteroatoms. The lowest BCUT2D eigenvalue weighted by molar-refractivity contribution is -0.172. The Bertz CT molecular complexity index is 314. The van der Waals surface area contributed by atoms with Gasteiger partial charge in [-0.15, -0.1) is 0 Å². The molecule has 0 bridgehead atoms. The molecular formula is C10H16N2O4. The van der Waals surface area contributed by atoms with Crippen LogP contribution in [0.4, 0.5) is 0 Å². The van der Waals surface area contributed by atoms with E-state index in [2.05, 4.69) is 0 Å². The van der Waals surface area contributed by atoms with Crippen LogP contribution in [-0.2, 0) is 14.4 Å². The molecule has 1 aliphatic heterocycles. The summed E-state index contributed by atoms with van der Waals surface area (Å²) in [5, 5.41) is 9.00. The fourth-order valence-electron chi connectivity index (χ4n) is 1.64. The highest BCUT2D eigenvalue weighted by atomic mass is 16.5. The van der Waals surface area contributed by atoms with Gasteiger partial charge in [0.25, 0.3) is 11.8 Å². The molecule has 0 spiro atoms. The maximum atomic E-state index is 11.6.